The van der Waals surface area contributed by atoms with Gasteiger partial charge in [0.2, 0.25) is 27.7 Å². The number of hydrogen-bond donors (Lipinski definition) is 3. The van der Waals surface area contributed by atoms with Crippen LogP contribution in [0.15, 0.2) is 54.6 Å². The monoisotopic (exact) mass is 943 g/mol. The van der Waals surface area contributed by atoms with Crippen molar-refractivity contribution < 1.29 is 51.3 Å². The van der Waals surface area contributed by atoms with Crippen LogP contribution >= 0.6 is 0 Å². The number of halogens is 1. The molecule has 15 nitrogen and oxygen atoms in total. The number of carbonyl (C=O) groups is 4. The molecule has 0 bridgehead atoms. The van der Waals surface area contributed by atoms with Crippen molar-refractivity contribution in [3.8, 4) is 28.6 Å². The van der Waals surface area contributed by atoms with Gasteiger partial charge in [0.05, 0.1) is 30.2 Å². The lowest BCUT2D eigenvalue weighted by atomic mass is 9.86. The van der Waals surface area contributed by atoms with Crippen molar-refractivity contribution in [2.45, 2.75) is 139 Å². The smallest absolute Gasteiger partial charge is 0.408 e. The summed E-state index contributed by atoms with van der Waals surface area (Å²) in [5.41, 5.74) is -0.424. The van der Waals surface area contributed by atoms with E-state index in [9.17, 15) is 27.9 Å². The van der Waals surface area contributed by atoms with Crippen LogP contribution in [0.2, 0.25) is 0 Å². The minimum atomic E-state index is -4.07. The molecule has 3 heterocycles. The van der Waals surface area contributed by atoms with E-state index in [1.807, 2.05) is 57.2 Å². The summed E-state index contributed by atoms with van der Waals surface area (Å²) in [6.07, 6.45) is 6.74. The molecule has 10 atom stereocenters. The Morgan fingerprint density at radius 1 is 1.03 bits per heavy atom. The zero-order chi connectivity index (χ0) is 47.7. The van der Waals surface area contributed by atoms with Gasteiger partial charge in [-0.05, 0) is 150 Å². The predicted molar refractivity (Wildman–Crippen MR) is 247 cm³/mol. The summed E-state index contributed by atoms with van der Waals surface area (Å²) in [5, 5.41) is 14.7. The topological polar surface area (TPSA) is 194 Å². The Morgan fingerprint density at radius 3 is 2.40 bits per heavy atom. The van der Waals surface area contributed by atoms with Gasteiger partial charge < -0.3 is 29.5 Å². The second-order valence-electron chi connectivity index (χ2n) is 20.7. The fourth-order valence-corrected chi connectivity index (χ4v) is 12.2. The highest BCUT2D eigenvalue weighted by atomic mass is 32.2. The van der Waals surface area contributed by atoms with Gasteiger partial charge in [-0.25, -0.2) is 22.6 Å². The fourth-order valence-electron chi connectivity index (χ4n) is 10.9. The summed E-state index contributed by atoms with van der Waals surface area (Å²) in [7, 11) is -2.70. The van der Waals surface area contributed by atoms with Crippen molar-refractivity contribution in [1.29, 1.82) is 0 Å². The Labute approximate surface area is 391 Å². The number of carboxylic acid groups (broad SMARTS) is 1. The van der Waals surface area contributed by atoms with Gasteiger partial charge in [0.15, 0.2) is 11.6 Å². The molecule has 0 spiro atoms. The van der Waals surface area contributed by atoms with Crippen LogP contribution < -0.4 is 24.2 Å². The molecule has 4 aliphatic carbocycles. The number of nitrogens with zero attached hydrogens (tertiary/aromatic N) is 3. The first-order valence-electron chi connectivity index (χ1n) is 23.8. The number of aromatic nitrogens is 1. The summed E-state index contributed by atoms with van der Waals surface area (Å²) in [5.74, 6) is -2.09. The van der Waals surface area contributed by atoms with Crippen molar-refractivity contribution in [3.63, 3.8) is 0 Å². The van der Waals surface area contributed by atoms with E-state index in [4.69, 9.17) is 19.2 Å². The van der Waals surface area contributed by atoms with E-state index in [2.05, 4.69) is 17.0 Å². The first-order chi connectivity index (χ1) is 31.8. The summed E-state index contributed by atoms with van der Waals surface area (Å²) >= 11 is 0. The Balaban J connectivity index is 1.10. The average molecular weight is 944 g/mol. The maximum Gasteiger partial charge on any atom is 0.408 e. The molecule has 1 aromatic heterocycles. The number of rotatable bonds is 11. The van der Waals surface area contributed by atoms with Crippen LogP contribution in [0.4, 0.5) is 9.18 Å². The molecule has 2 unspecified atom stereocenters. The van der Waals surface area contributed by atoms with E-state index in [0.29, 0.717) is 78.1 Å². The molecule has 360 valence electrons. The van der Waals surface area contributed by atoms with E-state index in [0.717, 1.165) is 12.8 Å². The van der Waals surface area contributed by atoms with Gasteiger partial charge in [0, 0.05) is 29.3 Å². The van der Waals surface area contributed by atoms with Crippen LogP contribution in [0, 0.1) is 35.4 Å². The Hall–Kier alpha value is -5.45. The van der Waals surface area contributed by atoms with Crippen molar-refractivity contribution >= 4 is 44.6 Å². The van der Waals surface area contributed by atoms with E-state index >= 15 is 9.18 Å². The van der Waals surface area contributed by atoms with Crippen LogP contribution in [0.3, 0.4) is 0 Å². The standard InChI is InChI=1S/C50H62FN5O10S/c1-27(2)65-36-13-11-30(12-14-36)40-21-33-22-42(64-6)39(51)24-38(33)45(52-40)66-37-23-41-44(57)53-50(47(59)54-67(62,63)49(5)15-16-49)25-34(50)10-8-7-9-28(3)17-29(4)43(46(58)55(41)26-37)56(48(60)61)35-19-31-18-32(31)20-35/h8,10-14,21-22,24,27-29,31-32,34-35,37,41,43H,7,9,15-20,23,25-26H2,1-6H3,(H,53,57)(H,54,59)(H,60,61)/b10-8-/t28-,29-,31+,32?,34-,35?,37-,41+,43+,50-/m1/s1. The Bertz CT molecular complexity index is 2590. The number of carbonyl (C=O) groups excluding carboxylic acids is 3. The number of sulfonamides is 1. The molecular formula is C50H62FN5O10S. The van der Waals surface area contributed by atoms with Crippen LogP contribution in [-0.2, 0) is 24.4 Å². The summed E-state index contributed by atoms with van der Waals surface area (Å²) in [4.78, 5) is 65.7. The van der Waals surface area contributed by atoms with Gasteiger partial charge in [-0.2, -0.15) is 0 Å². The maximum absolute atomic E-state index is 15.5. The zero-order valence-corrected chi connectivity index (χ0v) is 39.8. The predicted octanol–water partition coefficient (Wildman–Crippen LogP) is 7.22. The van der Waals surface area contributed by atoms with Crippen molar-refractivity contribution in [1.82, 2.24) is 24.8 Å². The number of methoxy groups -OCH3 is 1. The minimum absolute atomic E-state index is 0.00701. The molecule has 3 N–H and O–H groups in total. The van der Waals surface area contributed by atoms with Gasteiger partial charge in [-0.15, -0.1) is 0 Å². The Morgan fingerprint density at radius 2 is 1.75 bits per heavy atom. The summed E-state index contributed by atoms with van der Waals surface area (Å²) < 4.78 is 61.4. The van der Waals surface area contributed by atoms with Crippen molar-refractivity contribution in [2.75, 3.05) is 13.7 Å². The van der Waals surface area contributed by atoms with Crippen LogP contribution in [0.25, 0.3) is 22.0 Å². The summed E-state index contributed by atoms with van der Waals surface area (Å²) in [6, 6.07) is 9.15. The quantitative estimate of drug-likeness (QED) is 0.164. The summed E-state index contributed by atoms with van der Waals surface area (Å²) in [6.45, 7) is 9.25. The van der Waals surface area contributed by atoms with Gasteiger partial charge in [-0.3, -0.25) is 24.0 Å². The number of amides is 4. The number of allylic oxidation sites excluding steroid dienone is 1. The van der Waals surface area contributed by atoms with E-state index in [1.54, 1.807) is 19.1 Å². The second-order valence-corrected chi connectivity index (χ2v) is 22.9. The van der Waals surface area contributed by atoms with Crippen LogP contribution in [0.1, 0.15) is 98.8 Å². The number of hydrogen-bond acceptors (Lipinski definition) is 10. The highest BCUT2D eigenvalue weighted by Gasteiger charge is 2.63. The van der Waals surface area contributed by atoms with Crippen LogP contribution in [0.5, 0.6) is 17.4 Å². The molecule has 5 fully saturated rings. The molecule has 4 saturated carbocycles. The molecule has 2 aromatic carbocycles. The van der Waals surface area contributed by atoms with E-state index in [1.165, 1.54) is 23.0 Å². The number of benzene rings is 2. The number of fused-ring (bicyclic) bond motifs is 4. The lowest BCUT2D eigenvalue weighted by Crippen LogP contribution is -2.61. The normalized spacial score (nSPS) is 31.6. The van der Waals surface area contributed by atoms with Crippen molar-refractivity contribution in [3.05, 3.63) is 60.4 Å². The first-order valence-corrected chi connectivity index (χ1v) is 25.3. The largest absolute Gasteiger partial charge is 0.494 e. The molecule has 1 saturated heterocycles. The molecule has 2 aliphatic heterocycles. The molecule has 0 radical (unpaired) electrons. The average Bonchev–Trinajstić information content (AvgIpc) is 4.23. The second kappa shape index (κ2) is 17.6. The van der Waals surface area contributed by atoms with Crippen molar-refractivity contribution in [2.24, 2.45) is 29.6 Å². The third-order valence-corrected chi connectivity index (χ3v) is 17.4. The molecular weight excluding hydrogens is 882 g/mol. The van der Waals surface area contributed by atoms with Gasteiger partial charge in [0.1, 0.15) is 29.5 Å². The van der Waals surface area contributed by atoms with Gasteiger partial charge in [-0.1, -0.05) is 26.0 Å². The highest BCUT2D eigenvalue weighted by molar-refractivity contribution is 7.91. The molecule has 4 amide bonds. The number of ether oxygens (including phenoxy) is 3. The third kappa shape index (κ3) is 9.16. The van der Waals surface area contributed by atoms with Crippen LogP contribution in [-0.4, -0.2) is 106 Å². The lowest BCUT2D eigenvalue weighted by Gasteiger charge is -2.40. The molecule has 3 aromatic rings. The SMILES string of the molecule is COc1cc2cc(-c3ccc(OC(C)C)cc3)nc(O[C@@H]3C[C@H]4C(=O)N[C@]5(C(=O)NS(=O)(=O)C6(C)CC6)C[C@H]5/C=C\CC[C@@H](C)C[C@@H](C)[C@H](N(C(=O)O)C5CC6C[C@H]6C5)C(=O)N4C3)c2cc1F. The third-order valence-electron chi connectivity index (χ3n) is 15.2. The number of pyridine rings is 1. The lowest BCUT2D eigenvalue weighted by molar-refractivity contribution is -0.145. The van der Waals surface area contributed by atoms with E-state index < -0.39 is 80.0 Å². The van der Waals surface area contributed by atoms with Gasteiger partial charge >= 0.3 is 6.09 Å². The zero-order valence-electron chi connectivity index (χ0n) is 39.0. The van der Waals surface area contributed by atoms with Gasteiger partial charge in [0.25, 0.3) is 5.91 Å². The van der Waals surface area contributed by atoms with E-state index in [-0.39, 0.29) is 49.1 Å². The molecule has 67 heavy (non-hydrogen) atoms. The maximum atomic E-state index is 15.5. The highest BCUT2D eigenvalue weighted by Crippen LogP contribution is 2.54. The Kier molecular flexibility index (Phi) is 12.2. The molecule has 17 heteroatoms. The fraction of sp³-hybridized carbons (Fsp3) is 0.580. The molecule has 6 aliphatic rings. The number of nitrogens with one attached hydrogen (secondary N) is 2. The first kappa shape index (κ1) is 46.7. The molecule has 9 rings (SSSR count). The minimum Gasteiger partial charge on any atom is -0.494 e.